The van der Waals surface area contributed by atoms with Crippen molar-refractivity contribution < 1.29 is 9.59 Å². The highest BCUT2D eigenvalue weighted by Crippen LogP contribution is 2.40. The van der Waals surface area contributed by atoms with Crippen LogP contribution in [0, 0.1) is 0 Å². The summed E-state index contributed by atoms with van der Waals surface area (Å²) in [7, 11) is 0. The number of amides is 1. The molecule has 1 N–H and O–H groups in total. The highest BCUT2D eigenvalue weighted by atomic mass is 32.2. The summed E-state index contributed by atoms with van der Waals surface area (Å²) in [5.74, 6) is -0.336. The molecular weight excluding hydrogens is 194 g/mol. The number of hydrogen-bond acceptors (Lipinski definition) is 4. The second-order valence-corrected chi connectivity index (χ2v) is 4.37. The Morgan fingerprint density at radius 3 is 2.42 bits per heavy atom. The molecule has 12 heavy (non-hydrogen) atoms. The summed E-state index contributed by atoms with van der Waals surface area (Å²) in [5.41, 5.74) is 0.329. The largest absolute Gasteiger partial charge is 0.344 e. The molecule has 3 nitrogen and oxygen atoms in total. The maximum absolute atomic E-state index is 11.2. The third-order valence-electron chi connectivity index (χ3n) is 1.53. The molecule has 0 aromatic rings. The van der Waals surface area contributed by atoms with Crippen molar-refractivity contribution in [1.29, 1.82) is 0 Å². The fourth-order valence-corrected chi connectivity index (χ4v) is 2.89. The molecule has 5 heteroatoms. The average Bonchev–Trinajstić information content (AvgIpc) is 2.61. The van der Waals surface area contributed by atoms with Crippen molar-refractivity contribution in [2.75, 3.05) is 6.54 Å². The van der Waals surface area contributed by atoms with Crippen LogP contribution >= 0.6 is 23.5 Å². The molecule has 2 aliphatic heterocycles. The predicted octanol–water partition coefficient (Wildman–Crippen LogP) is 0.848. The van der Waals surface area contributed by atoms with E-state index in [1.54, 1.807) is 0 Å². The molecule has 0 saturated carbocycles. The van der Waals surface area contributed by atoms with Crippen molar-refractivity contribution in [2.24, 2.45) is 0 Å². The van der Waals surface area contributed by atoms with E-state index in [0.29, 0.717) is 5.57 Å². The number of rotatable bonds is 0. The minimum absolute atomic E-state index is 0.0984. The molecule has 1 fully saturated rings. The van der Waals surface area contributed by atoms with Crippen LogP contribution in [0.5, 0.6) is 0 Å². The molecule has 0 aromatic heterocycles. The molecule has 1 saturated heterocycles. The van der Waals surface area contributed by atoms with Gasteiger partial charge in [0.15, 0.2) is 5.78 Å². The van der Waals surface area contributed by atoms with Crippen molar-refractivity contribution in [3.05, 3.63) is 20.6 Å². The topological polar surface area (TPSA) is 46.2 Å². The molecule has 0 bridgehead atoms. The van der Waals surface area contributed by atoms with Gasteiger partial charge in [0.1, 0.15) is 5.57 Å². The quantitative estimate of drug-likeness (QED) is 0.464. The van der Waals surface area contributed by atoms with Gasteiger partial charge < -0.3 is 5.32 Å². The van der Waals surface area contributed by atoms with Gasteiger partial charge in [-0.05, 0) is 10.8 Å². The second-order valence-electron chi connectivity index (χ2n) is 2.28. The highest BCUT2D eigenvalue weighted by Gasteiger charge is 2.30. The third kappa shape index (κ3) is 1.19. The van der Waals surface area contributed by atoms with E-state index in [1.807, 2.05) is 10.8 Å². The van der Waals surface area contributed by atoms with E-state index in [9.17, 15) is 9.59 Å². The zero-order chi connectivity index (χ0) is 8.55. The van der Waals surface area contributed by atoms with E-state index in [0.717, 1.165) is 4.24 Å². The van der Waals surface area contributed by atoms with Crippen molar-refractivity contribution >= 4 is 35.2 Å². The molecule has 0 atom stereocenters. The van der Waals surface area contributed by atoms with Gasteiger partial charge in [0.2, 0.25) is 0 Å². The average molecular weight is 199 g/mol. The van der Waals surface area contributed by atoms with E-state index in [4.69, 9.17) is 0 Å². The van der Waals surface area contributed by atoms with Crippen LogP contribution < -0.4 is 5.32 Å². The minimum Gasteiger partial charge on any atom is -0.344 e. The van der Waals surface area contributed by atoms with Gasteiger partial charge in [-0.25, -0.2) is 0 Å². The summed E-state index contributed by atoms with van der Waals surface area (Å²) in [4.78, 5) is 22.3. The lowest BCUT2D eigenvalue weighted by molar-refractivity contribution is -0.117. The van der Waals surface area contributed by atoms with E-state index >= 15 is 0 Å². The first kappa shape index (κ1) is 7.94. The van der Waals surface area contributed by atoms with Crippen LogP contribution in [0.4, 0.5) is 0 Å². The first-order valence-electron chi connectivity index (χ1n) is 3.33. The Bertz CT molecular complexity index is 291. The summed E-state index contributed by atoms with van der Waals surface area (Å²) in [6.45, 7) is 0.152. The summed E-state index contributed by atoms with van der Waals surface area (Å²) in [6, 6.07) is 0. The smallest absolute Gasteiger partial charge is 0.257 e. The molecule has 2 heterocycles. The van der Waals surface area contributed by atoms with Gasteiger partial charge in [0, 0.05) is 0 Å². The Kier molecular flexibility index (Phi) is 1.98. The highest BCUT2D eigenvalue weighted by molar-refractivity contribution is 8.27. The Labute approximate surface area is 77.7 Å². The number of nitrogens with one attached hydrogen (secondary N) is 1. The van der Waals surface area contributed by atoms with Gasteiger partial charge in [-0.15, -0.1) is 0 Å². The molecule has 62 valence electrons. The molecular formula is C7H5NO2S2. The lowest BCUT2D eigenvalue weighted by Gasteiger charge is -1.95. The number of carbonyl (C=O) groups excluding carboxylic acids is 2. The van der Waals surface area contributed by atoms with Crippen LogP contribution in [-0.2, 0) is 9.59 Å². The van der Waals surface area contributed by atoms with Crippen LogP contribution in [0.1, 0.15) is 0 Å². The zero-order valence-electron chi connectivity index (χ0n) is 5.99. The van der Waals surface area contributed by atoms with E-state index in [-0.39, 0.29) is 18.2 Å². The summed E-state index contributed by atoms with van der Waals surface area (Å²) < 4.78 is 0.801. The Morgan fingerprint density at radius 1 is 1.25 bits per heavy atom. The molecule has 0 aliphatic carbocycles. The van der Waals surface area contributed by atoms with Gasteiger partial charge >= 0.3 is 0 Å². The summed E-state index contributed by atoms with van der Waals surface area (Å²) in [5, 5.41) is 6.23. The van der Waals surface area contributed by atoms with Crippen LogP contribution in [-0.4, -0.2) is 18.2 Å². The Hall–Kier alpha value is -0.680. The number of hydrogen-bond donors (Lipinski definition) is 1. The molecule has 2 aliphatic rings. The van der Waals surface area contributed by atoms with Crippen molar-refractivity contribution in [2.45, 2.75) is 0 Å². The number of ketones is 1. The van der Waals surface area contributed by atoms with Gasteiger partial charge in [-0.1, -0.05) is 23.5 Å². The van der Waals surface area contributed by atoms with Crippen LogP contribution in [0.3, 0.4) is 0 Å². The fourth-order valence-electron chi connectivity index (χ4n) is 0.995. The van der Waals surface area contributed by atoms with Gasteiger partial charge in [0.25, 0.3) is 5.91 Å². The maximum atomic E-state index is 11.2. The van der Waals surface area contributed by atoms with Crippen molar-refractivity contribution in [3.8, 4) is 0 Å². The normalized spacial score (nSPS) is 22.3. The van der Waals surface area contributed by atoms with Gasteiger partial charge in [-0.3, -0.25) is 9.59 Å². The lowest BCUT2D eigenvalue weighted by atomic mass is 10.2. The Morgan fingerprint density at radius 2 is 1.92 bits per heavy atom. The minimum atomic E-state index is -0.237. The van der Waals surface area contributed by atoms with Gasteiger partial charge in [-0.2, -0.15) is 0 Å². The second kappa shape index (κ2) is 2.99. The molecule has 0 unspecified atom stereocenters. The monoisotopic (exact) mass is 199 g/mol. The standard InChI is InChI=1S/C7H5NO2S2/c9-4-3-8-6(10)5(4)7-11-1-2-12-7/h1-2H,3H2,(H,8,10). The molecule has 0 spiro atoms. The van der Waals surface area contributed by atoms with Crippen LogP contribution in [0.15, 0.2) is 20.6 Å². The SMILES string of the molecule is O=C1CNC(=O)C1=C1SC=CS1. The number of carbonyl (C=O) groups is 2. The van der Waals surface area contributed by atoms with Crippen molar-refractivity contribution in [1.82, 2.24) is 5.32 Å². The van der Waals surface area contributed by atoms with Crippen LogP contribution in [0.25, 0.3) is 0 Å². The fraction of sp³-hybridized carbons (Fsp3) is 0.143. The molecule has 2 rings (SSSR count). The third-order valence-corrected chi connectivity index (χ3v) is 3.66. The van der Waals surface area contributed by atoms with E-state index in [1.165, 1.54) is 23.5 Å². The first-order chi connectivity index (χ1) is 5.79. The Balaban J connectivity index is 2.37. The summed E-state index contributed by atoms with van der Waals surface area (Å²) >= 11 is 2.85. The van der Waals surface area contributed by atoms with E-state index < -0.39 is 0 Å². The van der Waals surface area contributed by atoms with E-state index in [2.05, 4.69) is 5.32 Å². The molecule has 0 radical (unpaired) electrons. The molecule has 0 aromatic carbocycles. The predicted molar refractivity (Wildman–Crippen MR) is 49.4 cm³/mol. The zero-order valence-corrected chi connectivity index (χ0v) is 7.63. The maximum Gasteiger partial charge on any atom is 0.257 e. The summed E-state index contributed by atoms with van der Waals surface area (Å²) in [6.07, 6.45) is 0. The molecule has 1 amide bonds. The first-order valence-corrected chi connectivity index (χ1v) is 5.09. The lowest BCUT2D eigenvalue weighted by Crippen LogP contribution is -2.14. The van der Waals surface area contributed by atoms with Crippen molar-refractivity contribution in [3.63, 3.8) is 0 Å². The van der Waals surface area contributed by atoms with Crippen LogP contribution in [0.2, 0.25) is 0 Å². The number of Topliss-reactive ketones (excluding diaryl/α,β-unsaturated/α-hetero) is 1. The number of thioether (sulfide) groups is 2. The van der Waals surface area contributed by atoms with Gasteiger partial charge in [0.05, 0.1) is 10.8 Å².